The standard InChI is InChI=1S/C7H9N5/c8-1-2-11-12-7-3-6(9)4-10-5-7/h1,3-5,8H,2,9H2. The van der Waals surface area contributed by atoms with E-state index in [1.807, 2.05) is 0 Å². The van der Waals surface area contributed by atoms with E-state index in [9.17, 15) is 0 Å². The molecule has 0 saturated carbocycles. The number of hydrogen-bond donors (Lipinski definition) is 2. The Morgan fingerprint density at radius 1 is 1.58 bits per heavy atom. The third-order valence-corrected chi connectivity index (χ3v) is 1.10. The third-order valence-electron chi connectivity index (χ3n) is 1.10. The van der Waals surface area contributed by atoms with Crippen LogP contribution in [0, 0.1) is 5.41 Å². The van der Waals surface area contributed by atoms with Crippen molar-refractivity contribution in [2.24, 2.45) is 10.2 Å². The van der Waals surface area contributed by atoms with E-state index in [2.05, 4.69) is 15.2 Å². The summed E-state index contributed by atoms with van der Waals surface area (Å²) in [5.74, 6) is 0. The predicted octanol–water partition coefficient (Wildman–Crippen LogP) is 1.40. The van der Waals surface area contributed by atoms with Crippen molar-refractivity contribution in [3.63, 3.8) is 0 Å². The first-order valence-electron chi connectivity index (χ1n) is 3.40. The van der Waals surface area contributed by atoms with Crippen molar-refractivity contribution in [1.82, 2.24) is 4.98 Å². The van der Waals surface area contributed by atoms with Gasteiger partial charge in [-0.1, -0.05) is 0 Å². The molecule has 0 radical (unpaired) electrons. The molecule has 0 bridgehead atoms. The predicted molar refractivity (Wildman–Crippen MR) is 46.8 cm³/mol. The number of pyridine rings is 1. The van der Waals surface area contributed by atoms with E-state index in [4.69, 9.17) is 11.1 Å². The molecular formula is C7H9N5. The minimum atomic E-state index is 0.287. The van der Waals surface area contributed by atoms with Crippen LogP contribution in [0.3, 0.4) is 0 Å². The van der Waals surface area contributed by atoms with E-state index in [-0.39, 0.29) is 6.54 Å². The van der Waals surface area contributed by atoms with Crippen LogP contribution in [0.15, 0.2) is 28.7 Å². The first-order chi connectivity index (χ1) is 5.83. The number of rotatable bonds is 3. The first kappa shape index (κ1) is 8.32. The molecule has 62 valence electrons. The molecule has 0 aliphatic heterocycles. The number of azo groups is 1. The summed E-state index contributed by atoms with van der Waals surface area (Å²) in [6, 6.07) is 1.67. The van der Waals surface area contributed by atoms with Crippen LogP contribution in [0.1, 0.15) is 0 Å². The fraction of sp³-hybridized carbons (Fsp3) is 0.143. The normalized spacial score (nSPS) is 10.3. The second kappa shape index (κ2) is 4.17. The second-order valence-electron chi connectivity index (χ2n) is 2.10. The highest BCUT2D eigenvalue weighted by Gasteiger charge is 1.89. The van der Waals surface area contributed by atoms with Gasteiger partial charge >= 0.3 is 0 Å². The first-order valence-corrected chi connectivity index (χ1v) is 3.40. The maximum atomic E-state index is 6.69. The molecule has 0 fully saturated rings. The van der Waals surface area contributed by atoms with Crippen molar-refractivity contribution < 1.29 is 0 Å². The van der Waals surface area contributed by atoms with Crippen LogP contribution in [0.25, 0.3) is 0 Å². The highest BCUT2D eigenvalue weighted by atomic mass is 15.1. The van der Waals surface area contributed by atoms with E-state index in [1.54, 1.807) is 12.3 Å². The molecule has 1 rings (SSSR count). The van der Waals surface area contributed by atoms with Gasteiger partial charge in [0, 0.05) is 12.4 Å². The molecular weight excluding hydrogens is 154 g/mol. The number of nitrogens with one attached hydrogen (secondary N) is 1. The van der Waals surface area contributed by atoms with Gasteiger partial charge in [0.25, 0.3) is 0 Å². The summed E-state index contributed by atoms with van der Waals surface area (Å²) in [5.41, 5.74) is 6.62. The number of aromatic nitrogens is 1. The van der Waals surface area contributed by atoms with Crippen molar-refractivity contribution in [3.05, 3.63) is 18.5 Å². The SMILES string of the molecule is N=CCN=Nc1cncc(N)c1. The van der Waals surface area contributed by atoms with E-state index >= 15 is 0 Å². The molecule has 5 heteroatoms. The Hall–Kier alpha value is -1.78. The summed E-state index contributed by atoms with van der Waals surface area (Å²) in [6.07, 6.45) is 4.27. The molecule has 0 aliphatic rings. The zero-order chi connectivity index (χ0) is 8.81. The van der Waals surface area contributed by atoms with Crippen LogP contribution in [0.4, 0.5) is 11.4 Å². The van der Waals surface area contributed by atoms with Gasteiger partial charge < -0.3 is 11.1 Å². The Bertz CT molecular complexity index is 294. The zero-order valence-corrected chi connectivity index (χ0v) is 6.44. The Morgan fingerprint density at radius 3 is 3.08 bits per heavy atom. The quantitative estimate of drug-likeness (QED) is 0.521. The van der Waals surface area contributed by atoms with Gasteiger partial charge in [0.15, 0.2) is 0 Å². The molecule has 12 heavy (non-hydrogen) atoms. The number of anilines is 1. The lowest BCUT2D eigenvalue weighted by atomic mass is 10.4. The molecule has 0 amide bonds. The van der Waals surface area contributed by atoms with E-state index < -0.39 is 0 Å². The number of nitrogens with two attached hydrogens (primary N) is 1. The lowest BCUT2D eigenvalue weighted by molar-refractivity contribution is 1.10. The average Bonchev–Trinajstić information content (AvgIpc) is 2.05. The van der Waals surface area contributed by atoms with E-state index in [0.29, 0.717) is 11.4 Å². The Balaban J connectivity index is 2.69. The van der Waals surface area contributed by atoms with Crippen LogP contribution in [0.2, 0.25) is 0 Å². The number of nitrogen functional groups attached to an aromatic ring is 1. The van der Waals surface area contributed by atoms with Gasteiger partial charge in [-0.05, 0) is 6.07 Å². The largest absolute Gasteiger partial charge is 0.397 e. The highest BCUT2D eigenvalue weighted by molar-refractivity contribution is 5.55. The lowest BCUT2D eigenvalue weighted by Gasteiger charge is -1.92. The molecule has 0 atom stereocenters. The fourth-order valence-electron chi connectivity index (χ4n) is 0.663. The van der Waals surface area contributed by atoms with Gasteiger partial charge in [-0.3, -0.25) is 4.98 Å². The summed E-state index contributed by atoms with van der Waals surface area (Å²) in [6.45, 7) is 0.287. The smallest absolute Gasteiger partial charge is 0.106 e. The van der Waals surface area contributed by atoms with Crippen molar-refractivity contribution >= 4 is 17.6 Å². The van der Waals surface area contributed by atoms with Gasteiger partial charge in [0.05, 0.1) is 18.4 Å². The van der Waals surface area contributed by atoms with Crippen LogP contribution in [0.5, 0.6) is 0 Å². The topological polar surface area (TPSA) is 87.5 Å². The Kier molecular flexibility index (Phi) is 2.89. The maximum absolute atomic E-state index is 6.69. The minimum Gasteiger partial charge on any atom is -0.397 e. The summed E-state index contributed by atoms with van der Waals surface area (Å²) < 4.78 is 0. The summed E-state index contributed by atoms with van der Waals surface area (Å²) in [5, 5.41) is 14.2. The van der Waals surface area contributed by atoms with E-state index in [1.165, 1.54) is 12.4 Å². The molecule has 1 heterocycles. The third kappa shape index (κ3) is 2.45. The van der Waals surface area contributed by atoms with Gasteiger partial charge in [0.1, 0.15) is 5.69 Å². The molecule has 5 nitrogen and oxygen atoms in total. The highest BCUT2D eigenvalue weighted by Crippen LogP contribution is 2.12. The number of nitrogens with zero attached hydrogens (tertiary/aromatic N) is 3. The van der Waals surface area contributed by atoms with Gasteiger partial charge in [0.2, 0.25) is 0 Å². The monoisotopic (exact) mass is 163 g/mol. The lowest BCUT2D eigenvalue weighted by Crippen LogP contribution is -1.84. The Labute approximate surface area is 69.9 Å². The van der Waals surface area contributed by atoms with Crippen molar-refractivity contribution in [2.75, 3.05) is 12.3 Å². The average molecular weight is 163 g/mol. The van der Waals surface area contributed by atoms with Crippen LogP contribution in [-0.4, -0.2) is 17.7 Å². The molecule has 1 aromatic rings. The number of hydrogen-bond acceptors (Lipinski definition) is 5. The molecule has 1 aromatic heterocycles. The van der Waals surface area contributed by atoms with Crippen LogP contribution < -0.4 is 5.73 Å². The van der Waals surface area contributed by atoms with E-state index in [0.717, 1.165) is 0 Å². The molecule has 0 unspecified atom stereocenters. The maximum Gasteiger partial charge on any atom is 0.106 e. The summed E-state index contributed by atoms with van der Waals surface area (Å²) in [4.78, 5) is 3.83. The summed E-state index contributed by atoms with van der Waals surface area (Å²) in [7, 11) is 0. The van der Waals surface area contributed by atoms with Crippen molar-refractivity contribution in [2.45, 2.75) is 0 Å². The van der Waals surface area contributed by atoms with Crippen molar-refractivity contribution in [1.29, 1.82) is 5.41 Å². The Morgan fingerprint density at radius 2 is 2.42 bits per heavy atom. The van der Waals surface area contributed by atoms with Gasteiger partial charge in [-0.15, -0.1) is 0 Å². The zero-order valence-electron chi connectivity index (χ0n) is 6.44. The fourth-order valence-corrected chi connectivity index (χ4v) is 0.663. The van der Waals surface area contributed by atoms with Crippen molar-refractivity contribution in [3.8, 4) is 0 Å². The second-order valence-corrected chi connectivity index (χ2v) is 2.10. The molecule has 0 spiro atoms. The van der Waals surface area contributed by atoms with Gasteiger partial charge in [-0.2, -0.15) is 10.2 Å². The van der Waals surface area contributed by atoms with Crippen LogP contribution in [-0.2, 0) is 0 Å². The van der Waals surface area contributed by atoms with Crippen LogP contribution >= 0.6 is 0 Å². The molecule has 0 aliphatic carbocycles. The molecule has 0 aromatic carbocycles. The molecule has 0 saturated heterocycles. The summed E-state index contributed by atoms with van der Waals surface area (Å²) >= 11 is 0. The minimum absolute atomic E-state index is 0.287. The van der Waals surface area contributed by atoms with Gasteiger partial charge in [-0.25, -0.2) is 0 Å². The molecule has 3 N–H and O–H groups in total.